The Hall–Kier alpha value is -0.730. The molecule has 100 valence electrons. The Balaban J connectivity index is 2.74. The highest BCUT2D eigenvalue weighted by Crippen LogP contribution is 2.26. The lowest BCUT2D eigenvalue weighted by atomic mass is 9.82. The van der Waals surface area contributed by atoms with Crippen LogP contribution in [0.15, 0.2) is 0 Å². The number of carbonyl (C=O) groups is 1. The molecule has 0 aromatic heterocycles. The summed E-state index contributed by atoms with van der Waals surface area (Å²) in [4.78, 5) is 14.0. The summed E-state index contributed by atoms with van der Waals surface area (Å²) in [7, 11) is 0. The third-order valence-corrected chi connectivity index (χ3v) is 4.46. The van der Waals surface area contributed by atoms with Gasteiger partial charge in [0.25, 0.3) is 0 Å². The number of amides is 2. The van der Waals surface area contributed by atoms with Gasteiger partial charge in [-0.15, -0.1) is 0 Å². The van der Waals surface area contributed by atoms with E-state index in [-0.39, 0.29) is 6.03 Å². The summed E-state index contributed by atoms with van der Waals surface area (Å²) in [5, 5.41) is 3.09. The summed E-state index contributed by atoms with van der Waals surface area (Å²) in [5.74, 6) is 1.87. The first-order valence-corrected chi connectivity index (χ1v) is 7.05. The van der Waals surface area contributed by atoms with E-state index in [1.165, 1.54) is 6.42 Å². The molecule has 2 amide bonds. The normalized spacial score (nSPS) is 29.5. The van der Waals surface area contributed by atoms with Crippen molar-refractivity contribution in [2.75, 3.05) is 13.1 Å². The standard InChI is InChI=1S/C14H28N2O/c1-6-10(3)13-8-15-14(17)16(9-11(13)4)12(5)7-2/h10-13H,6-9H2,1-5H3,(H,15,17)/t10-,11?,12?,13?/m1/s1. The highest BCUT2D eigenvalue weighted by molar-refractivity contribution is 5.74. The lowest BCUT2D eigenvalue weighted by Crippen LogP contribution is -2.44. The van der Waals surface area contributed by atoms with E-state index in [1.54, 1.807) is 0 Å². The summed E-state index contributed by atoms with van der Waals surface area (Å²) in [6.07, 6.45) is 2.21. The Morgan fingerprint density at radius 3 is 2.53 bits per heavy atom. The predicted molar refractivity (Wildman–Crippen MR) is 72.0 cm³/mol. The molecule has 3 unspecified atom stereocenters. The maximum absolute atomic E-state index is 12.0. The molecule has 3 nitrogen and oxygen atoms in total. The highest BCUT2D eigenvalue weighted by atomic mass is 16.2. The van der Waals surface area contributed by atoms with Crippen LogP contribution in [0.2, 0.25) is 0 Å². The van der Waals surface area contributed by atoms with Gasteiger partial charge in [0.05, 0.1) is 0 Å². The zero-order valence-corrected chi connectivity index (χ0v) is 12.0. The number of nitrogens with zero attached hydrogens (tertiary/aromatic N) is 1. The van der Waals surface area contributed by atoms with Gasteiger partial charge < -0.3 is 10.2 Å². The largest absolute Gasteiger partial charge is 0.338 e. The Morgan fingerprint density at radius 2 is 2.00 bits per heavy atom. The molecule has 3 heteroatoms. The quantitative estimate of drug-likeness (QED) is 0.804. The number of hydrogen-bond acceptors (Lipinski definition) is 1. The first kappa shape index (κ1) is 14.3. The molecule has 0 saturated carbocycles. The molecule has 0 bridgehead atoms. The van der Waals surface area contributed by atoms with E-state index in [2.05, 4.69) is 39.9 Å². The van der Waals surface area contributed by atoms with Crippen LogP contribution in [-0.4, -0.2) is 30.1 Å². The minimum absolute atomic E-state index is 0.122. The monoisotopic (exact) mass is 240 g/mol. The van der Waals surface area contributed by atoms with E-state index in [0.29, 0.717) is 23.8 Å². The van der Waals surface area contributed by atoms with Crippen molar-refractivity contribution in [2.45, 2.75) is 53.5 Å². The van der Waals surface area contributed by atoms with Crippen LogP contribution >= 0.6 is 0 Å². The number of hydrogen-bond donors (Lipinski definition) is 1. The van der Waals surface area contributed by atoms with E-state index < -0.39 is 0 Å². The number of rotatable bonds is 4. The second kappa shape index (κ2) is 6.27. The van der Waals surface area contributed by atoms with Gasteiger partial charge >= 0.3 is 6.03 Å². The Morgan fingerprint density at radius 1 is 1.35 bits per heavy atom. The van der Waals surface area contributed by atoms with Gasteiger partial charge in [-0.1, -0.05) is 34.1 Å². The Bertz CT molecular complexity index is 255. The van der Waals surface area contributed by atoms with E-state index in [4.69, 9.17) is 0 Å². The minimum Gasteiger partial charge on any atom is -0.338 e. The third kappa shape index (κ3) is 3.36. The maximum Gasteiger partial charge on any atom is 0.317 e. The van der Waals surface area contributed by atoms with Crippen LogP contribution in [0.25, 0.3) is 0 Å². The van der Waals surface area contributed by atoms with Gasteiger partial charge in [-0.3, -0.25) is 0 Å². The van der Waals surface area contributed by atoms with Crippen LogP contribution < -0.4 is 5.32 Å². The van der Waals surface area contributed by atoms with Crippen molar-refractivity contribution >= 4 is 6.03 Å². The molecule has 1 saturated heterocycles. The van der Waals surface area contributed by atoms with Crippen molar-refractivity contribution in [2.24, 2.45) is 17.8 Å². The smallest absolute Gasteiger partial charge is 0.317 e. The molecule has 1 N–H and O–H groups in total. The first-order valence-electron chi connectivity index (χ1n) is 7.05. The van der Waals surface area contributed by atoms with Crippen molar-refractivity contribution < 1.29 is 4.79 Å². The number of nitrogens with one attached hydrogen (secondary N) is 1. The summed E-state index contributed by atoms with van der Waals surface area (Å²) in [6, 6.07) is 0.463. The summed E-state index contributed by atoms with van der Waals surface area (Å²) in [6.45, 7) is 12.8. The Kier molecular flexibility index (Phi) is 5.29. The van der Waals surface area contributed by atoms with E-state index in [1.807, 2.05) is 4.90 Å². The molecular weight excluding hydrogens is 212 g/mol. The average Bonchev–Trinajstić information content (AvgIpc) is 2.47. The van der Waals surface area contributed by atoms with Crippen LogP contribution in [-0.2, 0) is 0 Å². The third-order valence-electron chi connectivity index (χ3n) is 4.46. The molecule has 1 aliphatic heterocycles. The zero-order valence-electron chi connectivity index (χ0n) is 12.0. The molecule has 1 fully saturated rings. The molecular formula is C14H28N2O. The van der Waals surface area contributed by atoms with Crippen molar-refractivity contribution in [1.82, 2.24) is 10.2 Å². The maximum atomic E-state index is 12.0. The number of carbonyl (C=O) groups excluding carboxylic acids is 1. The lowest BCUT2D eigenvalue weighted by molar-refractivity contribution is 0.165. The van der Waals surface area contributed by atoms with Crippen molar-refractivity contribution in [3.8, 4) is 0 Å². The molecule has 0 radical (unpaired) electrons. The SMILES string of the molecule is CCC(C)N1CC(C)C([C@H](C)CC)CNC1=O. The van der Waals surface area contributed by atoms with Crippen LogP contribution in [0.1, 0.15) is 47.5 Å². The molecule has 0 aromatic rings. The van der Waals surface area contributed by atoms with Crippen LogP contribution in [0.3, 0.4) is 0 Å². The summed E-state index contributed by atoms with van der Waals surface area (Å²) < 4.78 is 0. The molecule has 17 heavy (non-hydrogen) atoms. The fourth-order valence-electron chi connectivity index (χ4n) is 2.70. The lowest BCUT2D eigenvalue weighted by Gasteiger charge is -2.30. The fourth-order valence-corrected chi connectivity index (χ4v) is 2.70. The van der Waals surface area contributed by atoms with Crippen LogP contribution in [0.4, 0.5) is 4.79 Å². The molecule has 4 atom stereocenters. The van der Waals surface area contributed by atoms with E-state index in [9.17, 15) is 4.79 Å². The molecule has 1 rings (SSSR count). The second-order valence-corrected chi connectivity index (χ2v) is 5.62. The van der Waals surface area contributed by atoms with Crippen LogP contribution in [0.5, 0.6) is 0 Å². The molecule has 0 aromatic carbocycles. The van der Waals surface area contributed by atoms with Gasteiger partial charge in [0.1, 0.15) is 0 Å². The fraction of sp³-hybridized carbons (Fsp3) is 0.929. The minimum atomic E-state index is 0.122. The summed E-state index contributed by atoms with van der Waals surface area (Å²) in [5.41, 5.74) is 0. The van der Waals surface area contributed by atoms with Gasteiger partial charge in [0.15, 0.2) is 0 Å². The number of urea groups is 1. The molecule has 1 heterocycles. The van der Waals surface area contributed by atoms with Gasteiger partial charge in [0.2, 0.25) is 0 Å². The molecule has 0 aliphatic carbocycles. The summed E-state index contributed by atoms with van der Waals surface area (Å²) >= 11 is 0. The molecule has 1 aliphatic rings. The van der Waals surface area contributed by atoms with Crippen LogP contribution in [0, 0.1) is 17.8 Å². The van der Waals surface area contributed by atoms with Crippen molar-refractivity contribution in [1.29, 1.82) is 0 Å². The zero-order chi connectivity index (χ0) is 13.0. The highest BCUT2D eigenvalue weighted by Gasteiger charge is 2.31. The first-order chi connectivity index (χ1) is 8.01. The van der Waals surface area contributed by atoms with E-state index >= 15 is 0 Å². The molecule has 0 spiro atoms. The van der Waals surface area contributed by atoms with Gasteiger partial charge in [-0.05, 0) is 31.1 Å². The van der Waals surface area contributed by atoms with Crippen molar-refractivity contribution in [3.63, 3.8) is 0 Å². The van der Waals surface area contributed by atoms with E-state index in [0.717, 1.165) is 19.5 Å². The van der Waals surface area contributed by atoms with Gasteiger partial charge in [0, 0.05) is 19.1 Å². The van der Waals surface area contributed by atoms with Crippen molar-refractivity contribution in [3.05, 3.63) is 0 Å². The topological polar surface area (TPSA) is 32.3 Å². The van der Waals surface area contributed by atoms with Gasteiger partial charge in [-0.25, -0.2) is 4.79 Å². The second-order valence-electron chi connectivity index (χ2n) is 5.62. The average molecular weight is 240 g/mol. The Labute approximate surface area is 106 Å². The van der Waals surface area contributed by atoms with Gasteiger partial charge in [-0.2, -0.15) is 0 Å². The predicted octanol–water partition coefficient (Wildman–Crippen LogP) is 3.11.